The smallest absolute Gasteiger partial charge is 0.236 e. The standard InChI is InChI=1S/C15H22N2O2/c1-3-19-14-6-4-5-12(9-14)10-16-11-15(18)17(2)13-7-8-13/h4-6,9,13,16H,3,7-8,10-11H2,1-2H3. The Morgan fingerprint density at radius 1 is 1.47 bits per heavy atom. The third-order valence-electron chi connectivity index (χ3n) is 3.30. The first-order valence-electron chi connectivity index (χ1n) is 6.89. The van der Waals surface area contributed by atoms with Crippen LogP contribution in [0.3, 0.4) is 0 Å². The largest absolute Gasteiger partial charge is 0.494 e. The summed E-state index contributed by atoms with van der Waals surface area (Å²) in [5.74, 6) is 1.05. The molecule has 0 spiro atoms. The monoisotopic (exact) mass is 262 g/mol. The number of hydrogen-bond acceptors (Lipinski definition) is 3. The second-order valence-electron chi connectivity index (χ2n) is 4.92. The van der Waals surface area contributed by atoms with Crippen molar-refractivity contribution in [1.82, 2.24) is 10.2 Å². The number of likely N-dealkylation sites (N-methyl/N-ethyl adjacent to an activating group) is 1. The van der Waals surface area contributed by atoms with Crippen molar-refractivity contribution in [3.8, 4) is 5.75 Å². The van der Waals surface area contributed by atoms with Gasteiger partial charge in [0.25, 0.3) is 0 Å². The summed E-state index contributed by atoms with van der Waals surface area (Å²) in [5.41, 5.74) is 1.13. The molecule has 1 aliphatic carbocycles. The minimum Gasteiger partial charge on any atom is -0.494 e. The van der Waals surface area contributed by atoms with Crippen molar-refractivity contribution in [2.75, 3.05) is 20.2 Å². The summed E-state index contributed by atoms with van der Waals surface area (Å²) < 4.78 is 5.45. The maximum atomic E-state index is 11.8. The van der Waals surface area contributed by atoms with Gasteiger partial charge in [-0.3, -0.25) is 4.79 Å². The van der Waals surface area contributed by atoms with Gasteiger partial charge in [0.2, 0.25) is 5.91 Å². The molecule has 0 aliphatic heterocycles. The number of carbonyl (C=O) groups is 1. The predicted octanol–water partition coefficient (Wildman–Crippen LogP) is 1.80. The van der Waals surface area contributed by atoms with Gasteiger partial charge in [0.05, 0.1) is 13.2 Å². The number of ether oxygens (including phenoxy) is 1. The third kappa shape index (κ3) is 4.24. The van der Waals surface area contributed by atoms with Crippen molar-refractivity contribution in [3.63, 3.8) is 0 Å². The minimum atomic E-state index is 0.170. The van der Waals surface area contributed by atoms with Gasteiger partial charge in [-0.15, -0.1) is 0 Å². The van der Waals surface area contributed by atoms with E-state index in [4.69, 9.17) is 4.74 Å². The summed E-state index contributed by atoms with van der Waals surface area (Å²) in [6.07, 6.45) is 2.30. The van der Waals surface area contributed by atoms with Crippen LogP contribution in [-0.2, 0) is 11.3 Å². The van der Waals surface area contributed by atoms with Crippen LogP contribution in [0.25, 0.3) is 0 Å². The molecule has 1 fully saturated rings. The fraction of sp³-hybridized carbons (Fsp3) is 0.533. The molecule has 2 rings (SSSR count). The summed E-state index contributed by atoms with van der Waals surface area (Å²) in [5, 5.41) is 3.19. The molecule has 1 aliphatic rings. The third-order valence-corrected chi connectivity index (χ3v) is 3.30. The summed E-state index contributed by atoms with van der Waals surface area (Å²) >= 11 is 0. The van der Waals surface area contributed by atoms with Crippen molar-refractivity contribution in [2.24, 2.45) is 0 Å². The Labute approximate surface area is 114 Å². The Morgan fingerprint density at radius 3 is 2.95 bits per heavy atom. The Hall–Kier alpha value is -1.55. The van der Waals surface area contributed by atoms with Gasteiger partial charge in [0.1, 0.15) is 5.75 Å². The van der Waals surface area contributed by atoms with Crippen molar-refractivity contribution >= 4 is 5.91 Å². The number of nitrogens with one attached hydrogen (secondary N) is 1. The maximum Gasteiger partial charge on any atom is 0.236 e. The molecule has 0 bridgehead atoms. The van der Waals surface area contributed by atoms with E-state index < -0.39 is 0 Å². The van der Waals surface area contributed by atoms with Gasteiger partial charge >= 0.3 is 0 Å². The van der Waals surface area contributed by atoms with E-state index in [0.29, 0.717) is 25.7 Å². The summed E-state index contributed by atoms with van der Waals surface area (Å²) in [4.78, 5) is 13.7. The number of carbonyl (C=O) groups excluding carboxylic acids is 1. The molecule has 1 saturated carbocycles. The molecule has 0 heterocycles. The molecule has 19 heavy (non-hydrogen) atoms. The van der Waals surface area contributed by atoms with E-state index in [1.54, 1.807) is 0 Å². The molecule has 104 valence electrons. The number of benzene rings is 1. The van der Waals surface area contributed by atoms with Crippen LogP contribution in [0.15, 0.2) is 24.3 Å². The number of hydrogen-bond donors (Lipinski definition) is 1. The highest BCUT2D eigenvalue weighted by Gasteiger charge is 2.28. The number of rotatable bonds is 7. The van der Waals surface area contributed by atoms with Gasteiger partial charge < -0.3 is 15.0 Å². The predicted molar refractivity (Wildman–Crippen MR) is 75.1 cm³/mol. The Bertz CT molecular complexity index is 430. The first-order chi connectivity index (χ1) is 9.20. The van der Waals surface area contributed by atoms with Crippen molar-refractivity contribution in [3.05, 3.63) is 29.8 Å². The van der Waals surface area contributed by atoms with E-state index in [0.717, 1.165) is 24.2 Å². The Kier molecular flexibility index (Phi) is 4.80. The van der Waals surface area contributed by atoms with Gasteiger partial charge in [-0.1, -0.05) is 12.1 Å². The molecule has 0 aromatic heterocycles. The van der Waals surface area contributed by atoms with Crippen LogP contribution in [0.2, 0.25) is 0 Å². The molecular weight excluding hydrogens is 240 g/mol. The van der Waals surface area contributed by atoms with Gasteiger partial charge in [0, 0.05) is 19.6 Å². The average molecular weight is 262 g/mol. The lowest BCUT2D eigenvalue weighted by atomic mass is 10.2. The second-order valence-corrected chi connectivity index (χ2v) is 4.92. The summed E-state index contributed by atoms with van der Waals surface area (Å²) in [6, 6.07) is 8.44. The highest BCUT2D eigenvalue weighted by atomic mass is 16.5. The fourth-order valence-corrected chi connectivity index (χ4v) is 2.02. The van der Waals surface area contributed by atoms with Crippen LogP contribution in [0.1, 0.15) is 25.3 Å². The zero-order chi connectivity index (χ0) is 13.7. The molecule has 4 heteroatoms. The molecule has 0 saturated heterocycles. The Balaban J connectivity index is 1.75. The molecule has 0 radical (unpaired) electrons. The average Bonchev–Trinajstić information content (AvgIpc) is 3.23. The van der Waals surface area contributed by atoms with Gasteiger partial charge in [0.15, 0.2) is 0 Å². The van der Waals surface area contributed by atoms with E-state index in [1.165, 1.54) is 0 Å². The second kappa shape index (κ2) is 6.57. The van der Waals surface area contributed by atoms with Crippen LogP contribution in [-0.4, -0.2) is 37.0 Å². The first kappa shape index (κ1) is 13.9. The van der Waals surface area contributed by atoms with Crippen molar-refractivity contribution in [1.29, 1.82) is 0 Å². The fourth-order valence-electron chi connectivity index (χ4n) is 2.02. The topological polar surface area (TPSA) is 41.6 Å². The van der Waals surface area contributed by atoms with E-state index >= 15 is 0 Å². The van der Waals surface area contributed by atoms with Crippen LogP contribution < -0.4 is 10.1 Å². The number of amides is 1. The van der Waals surface area contributed by atoms with E-state index in [9.17, 15) is 4.79 Å². The van der Waals surface area contributed by atoms with Crippen LogP contribution >= 0.6 is 0 Å². The zero-order valence-electron chi connectivity index (χ0n) is 11.7. The first-order valence-corrected chi connectivity index (χ1v) is 6.89. The van der Waals surface area contributed by atoms with Gasteiger partial charge in [-0.2, -0.15) is 0 Å². The minimum absolute atomic E-state index is 0.170. The van der Waals surface area contributed by atoms with E-state index in [1.807, 2.05) is 43.1 Å². The van der Waals surface area contributed by atoms with E-state index in [-0.39, 0.29) is 5.91 Å². The molecule has 1 N–H and O–H groups in total. The lowest BCUT2D eigenvalue weighted by Gasteiger charge is -2.16. The molecule has 1 aromatic carbocycles. The normalized spacial score (nSPS) is 14.2. The molecule has 0 atom stereocenters. The number of nitrogens with zero attached hydrogens (tertiary/aromatic N) is 1. The lowest BCUT2D eigenvalue weighted by Crippen LogP contribution is -2.36. The molecule has 1 amide bonds. The SMILES string of the molecule is CCOc1cccc(CNCC(=O)N(C)C2CC2)c1. The molecule has 1 aromatic rings. The molecule has 4 nitrogen and oxygen atoms in total. The lowest BCUT2D eigenvalue weighted by molar-refractivity contribution is -0.129. The van der Waals surface area contributed by atoms with Crippen LogP contribution in [0.5, 0.6) is 5.75 Å². The van der Waals surface area contributed by atoms with Gasteiger partial charge in [-0.25, -0.2) is 0 Å². The molecule has 0 unspecified atom stereocenters. The van der Waals surface area contributed by atoms with Crippen molar-refractivity contribution in [2.45, 2.75) is 32.4 Å². The quantitative estimate of drug-likeness (QED) is 0.814. The molecular formula is C15H22N2O2. The summed E-state index contributed by atoms with van der Waals surface area (Å²) in [6.45, 7) is 3.72. The van der Waals surface area contributed by atoms with Gasteiger partial charge in [-0.05, 0) is 37.5 Å². The van der Waals surface area contributed by atoms with Crippen LogP contribution in [0.4, 0.5) is 0 Å². The zero-order valence-corrected chi connectivity index (χ0v) is 11.7. The highest BCUT2D eigenvalue weighted by Crippen LogP contribution is 2.25. The van der Waals surface area contributed by atoms with Crippen LogP contribution in [0, 0.1) is 0 Å². The van der Waals surface area contributed by atoms with E-state index in [2.05, 4.69) is 5.32 Å². The maximum absolute atomic E-state index is 11.8. The van der Waals surface area contributed by atoms with Crippen molar-refractivity contribution < 1.29 is 9.53 Å². The summed E-state index contributed by atoms with van der Waals surface area (Å²) in [7, 11) is 1.89. The highest BCUT2D eigenvalue weighted by molar-refractivity contribution is 5.78. The Morgan fingerprint density at radius 2 is 2.26 bits per heavy atom.